The van der Waals surface area contributed by atoms with Crippen molar-refractivity contribution >= 4 is 11.1 Å². The highest BCUT2D eigenvalue weighted by atomic mass is 16.3. The molecule has 0 radical (unpaired) electrons. The van der Waals surface area contributed by atoms with E-state index in [1.807, 2.05) is 38.1 Å². The van der Waals surface area contributed by atoms with Crippen molar-refractivity contribution in [1.82, 2.24) is 15.2 Å². The van der Waals surface area contributed by atoms with Gasteiger partial charge in [0.1, 0.15) is 5.52 Å². The summed E-state index contributed by atoms with van der Waals surface area (Å²) in [5, 5.41) is 7.14. The Morgan fingerprint density at radius 1 is 1.19 bits per heavy atom. The summed E-state index contributed by atoms with van der Waals surface area (Å²) in [4.78, 5) is 4.30. The Morgan fingerprint density at radius 3 is 2.81 bits per heavy atom. The van der Waals surface area contributed by atoms with Crippen LogP contribution in [0.2, 0.25) is 0 Å². The van der Waals surface area contributed by atoms with Gasteiger partial charge in [-0.3, -0.25) is 5.10 Å². The smallest absolute Gasteiger partial charge is 0.192 e. The van der Waals surface area contributed by atoms with Gasteiger partial charge in [0.15, 0.2) is 11.5 Å². The molecule has 0 amide bonds. The number of aryl methyl sites for hydroxylation is 2. The van der Waals surface area contributed by atoms with Crippen molar-refractivity contribution in [1.29, 1.82) is 0 Å². The number of oxazole rings is 1. The van der Waals surface area contributed by atoms with Crippen molar-refractivity contribution in [2.24, 2.45) is 0 Å². The average Bonchev–Trinajstić information content (AvgIpc) is 2.81. The normalized spacial score (nSPS) is 11.1. The average molecular weight is 213 g/mol. The Bertz CT molecular complexity index is 651. The number of nitrogens with one attached hydrogen (secondary N) is 1. The maximum atomic E-state index is 5.42. The predicted molar refractivity (Wildman–Crippen MR) is 61.1 cm³/mol. The summed E-state index contributed by atoms with van der Waals surface area (Å²) in [6, 6.07) is 7.91. The van der Waals surface area contributed by atoms with Crippen LogP contribution in [0.3, 0.4) is 0 Å². The van der Waals surface area contributed by atoms with Gasteiger partial charge in [0, 0.05) is 18.2 Å². The summed E-state index contributed by atoms with van der Waals surface area (Å²) in [6.45, 7) is 3.83. The first-order valence-corrected chi connectivity index (χ1v) is 5.12. The Morgan fingerprint density at radius 2 is 2.06 bits per heavy atom. The fourth-order valence-electron chi connectivity index (χ4n) is 1.77. The molecule has 16 heavy (non-hydrogen) atoms. The highest BCUT2D eigenvalue weighted by Gasteiger charge is 2.06. The number of nitrogens with zero attached hydrogens (tertiary/aromatic N) is 2. The number of aromatic amines is 1. The summed E-state index contributed by atoms with van der Waals surface area (Å²) in [7, 11) is 0. The quantitative estimate of drug-likeness (QED) is 0.676. The van der Waals surface area contributed by atoms with Crippen molar-refractivity contribution in [2.45, 2.75) is 13.8 Å². The number of H-pyrrole nitrogens is 1. The van der Waals surface area contributed by atoms with Gasteiger partial charge in [-0.15, -0.1) is 0 Å². The van der Waals surface area contributed by atoms with Crippen LogP contribution < -0.4 is 0 Å². The molecule has 0 aliphatic carbocycles. The zero-order valence-corrected chi connectivity index (χ0v) is 9.11. The molecule has 0 saturated carbocycles. The second kappa shape index (κ2) is 3.20. The van der Waals surface area contributed by atoms with E-state index in [4.69, 9.17) is 4.42 Å². The molecular formula is C12H11N3O. The van der Waals surface area contributed by atoms with Crippen LogP contribution in [0.1, 0.15) is 11.6 Å². The van der Waals surface area contributed by atoms with E-state index < -0.39 is 0 Å². The number of fused-ring (bicyclic) bond motifs is 1. The molecule has 0 aliphatic rings. The molecule has 2 aromatic heterocycles. The van der Waals surface area contributed by atoms with Crippen molar-refractivity contribution in [3.63, 3.8) is 0 Å². The number of aromatic nitrogens is 3. The van der Waals surface area contributed by atoms with Gasteiger partial charge in [0.2, 0.25) is 0 Å². The Balaban J connectivity index is 2.17. The Labute approximate surface area is 92.3 Å². The van der Waals surface area contributed by atoms with Crippen LogP contribution in [-0.2, 0) is 0 Å². The monoisotopic (exact) mass is 213 g/mol. The molecule has 3 aromatic rings. The van der Waals surface area contributed by atoms with Crippen molar-refractivity contribution in [3.8, 4) is 11.3 Å². The maximum Gasteiger partial charge on any atom is 0.192 e. The predicted octanol–water partition coefficient (Wildman–Crippen LogP) is 2.83. The minimum Gasteiger partial charge on any atom is -0.441 e. The van der Waals surface area contributed by atoms with E-state index in [0.717, 1.165) is 28.1 Å². The van der Waals surface area contributed by atoms with Gasteiger partial charge in [0.05, 0.1) is 5.69 Å². The molecule has 3 rings (SSSR count). The third-order valence-electron chi connectivity index (χ3n) is 2.50. The second-order valence-corrected chi connectivity index (χ2v) is 3.85. The Hall–Kier alpha value is -2.10. The van der Waals surface area contributed by atoms with Crippen LogP contribution in [-0.4, -0.2) is 15.2 Å². The first kappa shape index (κ1) is 9.15. The van der Waals surface area contributed by atoms with Crippen LogP contribution in [0, 0.1) is 13.8 Å². The second-order valence-electron chi connectivity index (χ2n) is 3.85. The molecule has 4 nitrogen and oxygen atoms in total. The highest BCUT2D eigenvalue weighted by Crippen LogP contribution is 2.23. The van der Waals surface area contributed by atoms with Crippen LogP contribution in [0.4, 0.5) is 0 Å². The molecule has 2 heterocycles. The number of rotatable bonds is 1. The van der Waals surface area contributed by atoms with Crippen LogP contribution >= 0.6 is 0 Å². The van der Waals surface area contributed by atoms with E-state index in [-0.39, 0.29) is 0 Å². The topological polar surface area (TPSA) is 54.7 Å². The van der Waals surface area contributed by atoms with E-state index >= 15 is 0 Å². The summed E-state index contributed by atoms with van der Waals surface area (Å²) >= 11 is 0. The summed E-state index contributed by atoms with van der Waals surface area (Å²) in [5.41, 5.74) is 4.71. The third-order valence-corrected chi connectivity index (χ3v) is 2.50. The van der Waals surface area contributed by atoms with E-state index in [9.17, 15) is 0 Å². The molecule has 0 saturated heterocycles. The first-order chi connectivity index (χ1) is 7.72. The number of hydrogen-bond acceptors (Lipinski definition) is 3. The lowest BCUT2D eigenvalue weighted by atomic mass is 10.1. The van der Waals surface area contributed by atoms with Crippen LogP contribution in [0.25, 0.3) is 22.4 Å². The standard InChI is InChI=1S/C12H11N3O/c1-7-5-10(15-14-7)9-3-4-12-11(6-9)13-8(2)16-12/h3-6H,1-2H3,(H,14,15). The van der Waals surface area contributed by atoms with Gasteiger partial charge in [-0.2, -0.15) is 5.10 Å². The van der Waals surface area contributed by atoms with Gasteiger partial charge < -0.3 is 4.42 Å². The van der Waals surface area contributed by atoms with Crippen molar-refractivity contribution in [3.05, 3.63) is 35.9 Å². The molecule has 0 unspecified atom stereocenters. The van der Waals surface area contributed by atoms with E-state index in [2.05, 4.69) is 15.2 Å². The zero-order chi connectivity index (χ0) is 11.1. The lowest BCUT2D eigenvalue weighted by molar-refractivity contribution is 0.561. The Kier molecular flexibility index (Phi) is 1.83. The van der Waals surface area contributed by atoms with Crippen molar-refractivity contribution in [2.75, 3.05) is 0 Å². The first-order valence-electron chi connectivity index (χ1n) is 5.12. The summed E-state index contributed by atoms with van der Waals surface area (Å²) in [5.74, 6) is 0.686. The lowest BCUT2D eigenvalue weighted by Crippen LogP contribution is -1.78. The fraction of sp³-hybridized carbons (Fsp3) is 0.167. The molecule has 0 bridgehead atoms. The molecule has 80 valence electrons. The number of hydrogen-bond donors (Lipinski definition) is 1. The van der Waals surface area contributed by atoms with E-state index in [1.54, 1.807) is 0 Å². The molecule has 0 spiro atoms. The maximum absolute atomic E-state index is 5.42. The van der Waals surface area contributed by atoms with Gasteiger partial charge in [0.25, 0.3) is 0 Å². The molecule has 0 atom stereocenters. The largest absolute Gasteiger partial charge is 0.441 e. The van der Waals surface area contributed by atoms with Crippen LogP contribution in [0.5, 0.6) is 0 Å². The number of benzene rings is 1. The van der Waals surface area contributed by atoms with Gasteiger partial charge in [-0.25, -0.2) is 4.98 Å². The molecular weight excluding hydrogens is 202 g/mol. The molecule has 4 heteroatoms. The van der Waals surface area contributed by atoms with E-state index in [0.29, 0.717) is 5.89 Å². The lowest BCUT2D eigenvalue weighted by Gasteiger charge is -1.94. The van der Waals surface area contributed by atoms with Gasteiger partial charge >= 0.3 is 0 Å². The third kappa shape index (κ3) is 1.39. The molecule has 0 aliphatic heterocycles. The van der Waals surface area contributed by atoms with Gasteiger partial charge in [-0.1, -0.05) is 0 Å². The summed E-state index contributed by atoms with van der Waals surface area (Å²) < 4.78 is 5.42. The minimum absolute atomic E-state index is 0.686. The van der Waals surface area contributed by atoms with E-state index in [1.165, 1.54) is 0 Å². The fourth-order valence-corrected chi connectivity index (χ4v) is 1.77. The zero-order valence-electron chi connectivity index (χ0n) is 9.11. The van der Waals surface area contributed by atoms with Gasteiger partial charge in [-0.05, 0) is 31.2 Å². The minimum atomic E-state index is 0.686. The molecule has 1 N–H and O–H groups in total. The highest BCUT2D eigenvalue weighted by molar-refractivity contribution is 5.79. The SMILES string of the molecule is Cc1cc(-c2ccc3oc(C)nc3c2)n[nH]1. The molecule has 1 aromatic carbocycles. The van der Waals surface area contributed by atoms with Crippen LogP contribution in [0.15, 0.2) is 28.7 Å². The molecule has 0 fully saturated rings. The van der Waals surface area contributed by atoms with Crippen molar-refractivity contribution < 1.29 is 4.42 Å². The summed E-state index contributed by atoms with van der Waals surface area (Å²) in [6.07, 6.45) is 0.